The Morgan fingerprint density at radius 1 is 0.246 bits per heavy atom. The minimum Gasteiger partial charge on any atom is -0.436 e. The van der Waals surface area contributed by atoms with Crippen LogP contribution in [0.5, 0.6) is 0 Å². The number of hydrogen-bond acceptors (Lipinski definition) is 2. The minimum atomic E-state index is 0.621. The molecule has 0 radical (unpaired) electrons. The molecule has 11 aromatic carbocycles. The summed E-state index contributed by atoms with van der Waals surface area (Å²) in [5.41, 5.74) is 19.2. The van der Waals surface area contributed by atoms with E-state index in [1.54, 1.807) is 0 Å². The molecule has 0 aliphatic rings. The predicted octanol–water partition coefficient (Wildman–Crippen LogP) is 17.5. The van der Waals surface area contributed by atoms with Crippen molar-refractivity contribution in [2.45, 2.75) is 0 Å². The first-order valence-corrected chi connectivity index (χ1v) is 22.2. The Hall–Kier alpha value is -8.59. The zero-order valence-corrected chi connectivity index (χ0v) is 35.5. The fourth-order valence-electron chi connectivity index (χ4n) is 9.83. The fraction of sp³-hybridized carbons (Fsp3) is 0. The van der Waals surface area contributed by atoms with E-state index in [0.717, 1.165) is 27.8 Å². The molecule has 0 aliphatic heterocycles. The Morgan fingerprint density at radius 2 is 0.615 bits per heavy atom. The fourth-order valence-corrected chi connectivity index (χ4v) is 9.83. The smallest absolute Gasteiger partial charge is 0.227 e. The second-order valence-corrected chi connectivity index (χ2v) is 16.5. The molecule has 2 nitrogen and oxygen atoms in total. The summed E-state index contributed by atoms with van der Waals surface area (Å²) in [7, 11) is 0. The van der Waals surface area contributed by atoms with E-state index in [2.05, 4.69) is 224 Å². The average Bonchev–Trinajstić information content (AvgIpc) is 3.83. The van der Waals surface area contributed by atoms with E-state index in [-0.39, 0.29) is 0 Å². The van der Waals surface area contributed by atoms with Gasteiger partial charge in [0.1, 0.15) is 5.52 Å². The van der Waals surface area contributed by atoms with Crippen LogP contribution in [0.1, 0.15) is 0 Å². The highest BCUT2D eigenvalue weighted by Gasteiger charge is 2.24. The van der Waals surface area contributed by atoms with E-state index >= 15 is 0 Å². The van der Waals surface area contributed by atoms with Crippen LogP contribution in [0.3, 0.4) is 0 Å². The maximum Gasteiger partial charge on any atom is 0.227 e. The van der Waals surface area contributed by atoms with Crippen molar-refractivity contribution >= 4 is 32.6 Å². The average molecular weight is 828 g/mol. The molecule has 0 saturated carbocycles. The molecular weight excluding hydrogens is 787 g/mol. The number of nitrogens with zero attached hydrogens (tertiary/aromatic N) is 1. The first-order valence-electron chi connectivity index (χ1n) is 22.2. The van der Waals surface area contributed by atoms with E-state index < -0.39 is 0 Å². The molecule has 0 spiro atoms. The van der Waals surface area contributed by atoms with Crippen molar-refractivity contribution in [2.24, 2.45) is 0 Å². The number of rotatable bonds is 8. The first kappa shape index (κ1) is 38.1. The van der Waals surface area contributed by atoms with Crippen molar-refractivity contribution in [1.82, 2.24) is 4.98 Å². The monoisotopic (exact) mass is 827 g/mol. The van der Waals surface area contributed by atoms with Gasteiger partial charge in [0.25, 0.3) is 0 Å². The van der Waals surface area contributed by atoms with E-state index in [0.29, 0.717) is 5.89 Å². The molecule has 0 unspecified atom stereocenters. The van der Waals surface area contributed by atoms with Crippen molar-refractivity contribution in [3.63, 3.8) is 0 Å². The van der Waals surface area contributed by atoms with Crippen molar-refractivity contribution in [3.8, 4) is 89.3 Å². The van der Waals surface area contributed by atoms with Crippen LogP contribution in [0.25, 0.3) is 122 Å². The molecule has 12 rings (SSSR count). The van der Waals surface area contributed by atoms with Gasteiger partial charge in [-0.2, -0.15) is 0 Å². The molecule has 65 heavy (non-hydrogen) atoms. The number of aromatic nitrogens is 1. The molecule has 12 aromatic rings. The zero-order chi connectivity index (χ0) is 43.1. The molecule has 0 atom stereocenters. The summed E-state index contributed by atoms with van der Waals surface area (Å²) in [5.74, 6) is 0.621. The van der Waals surface area contributed by atoms with Gasteiger partial charge in [-0.1, -0.05) is 218 Å². The maximum absolute atomic E-state index is 6.24. The molecule has 2 heteroatoms. The van der Waals surface area contributed by atoms with Crippen LogP contribution in [-0.4, -0.2) is 4.98 Å². The summed E-state index contributed by atoms with van der Waals surface area (Å²) in [5, 5.41) is 4.80. The van der Waals surface area contributed by atoms with Crippen LogP contribution in [-0.2, 0) is 0 Å². The lowest BCUT2D eigenvalue weighted by atomic mass is 9.78. The van der Waals surface area contributed by atoms with Crippen molar-refractivity contribution in [3.05, 3.63) is 249 Å². The molecule has 0 aliphatic carbocycles. The van der Waals surface area contributed by atoms with Crippen LogP contribution in [0.2, 0.25) is 0 Å². The summed E-state index contributed by atoms with van der Waals surface area (Å²) < 4.78 is 6.24. The Kier molecular flexibility index (Phi) is 9.54. The topological polar surface area (TPSA) is 26.0 Å². The van der Waals surface area contributed by atoms with Crippen LogP contribution in [0.15, 0.2) is 253 Å². The summed E-state index contributed by atoms with van der Waals surface area (Å²) in [4.78, 5) is 4.84. The first-order chi connectivity index (χ1) is 32.3. The van der Waals surface area contributed by atoms with Gasteiger partial charge in [0.2, 0.25) is 5.89 Å². The van der Waals surface area contributed by atoms with Crippen LogP contribution >= 0.6 is 0 Å². The molecule has 0 amide bonds. The molecule has 0 saturated heterocycles. The molecule has 304 valence electrons. The summed E-state index contributed by atoms with van der Waals surface area (Å²) in [6.45, 7) is 0. The number of fused-ring (bicyclic) bond motifs is 3. The second-order valence-electron chi connectivity index (χ2n) is 16.5. The Balaban J connectivity index is 1.07. The lowest BCUT2D eigenvalue weighted by Gasteiger charge is -2.24. The van der Waals surface area contributed by atoms with Crippen molar-refractivity contribution < 1.29 is 4.42 Å². The van der Waals surface area contributed by atoms with Gasteiger partial charge in [0, 0.05) is 5.56 Å². The summed E-state index contributed by atoms with van der Waals surface area (Å²) >= 11 is 0. The van der Waals surface area contributed by atoms with Crippen molar-refractivity contribution in [1.29, 1.82) is 0 Å². The third-order valence-electron chi connectivity index (χ3n) is 12.7. The molecule has 0 bridgehead atoms. The van der Waals surface area contributed by atoms with Gasteiger partial charge >= 0.3 is 0 Å². The maximum atomic E-state index is 6.24. The molecule has 0 N–H and O–H groups in total. The van der Waals surface area contributed by atoms with Gasteiger partial charge in [-0.25, -0.2) is 4.98 Å². The van der Waals surface area contributed by atoms with Gasteiger partial charge < -0.3 is 4.42 Å². The standard InChI is InChI=1S/C63H41NO/c1-5-20-42(21-6-1)54-41-55(61(45-24-9-3-10-25-45)62(46-26-11-4-12-27-46)60(54)44-22-7-2-8-23-44)43-36-38-47(39-37-43)58-50-30-13-15-32-52(50)59(53-33-16-14-31-51(53)58)48-28-19-29-49(40-48)63-64-56-34-17-18-35-57(56)65-63/h1-41H. The Labute approximate surface area is 378 Å². The van der Waals surface area contributed by atoms with E-state index in [9.17, 15) is 0 Å². The lowest BCUT2D eigenvalue weighted by molar-refractivity contribution is 0.620. The largest absolute Gasteiger partial charge is 0.436 e. The number of para-hydroxylation sites is 2. The quantitative estimate of drug-likeness (QED) is 0.143. The SMILES string of the molecule is c1ccc(-c2cc(-c3ccc(-c4c5ccccc5c(-c5cccc(-c6nc7ccccc7o6)c5)c5ccccc45)cc3)c(-c3ccccc3)c(-c3ccccc3)c2-c2ccccc2)cc1. The van der Waals surface area contributed by atoms with Gasteiger partial charge in [0.05, 0.1) is 0 Å². The number of hydrogen-bond donors (Lipinski definition) is 0. The van der Waals surface area contributed by atoms with E-state index in [4.69, 9.17) is 9.40 Å². The summed E-state index contributed by atoms with van der Waals surface area (Å²) in [6, 6.07) is 89.5. The Morgan fingerprint density at radius 3 is 1.14 bits per heavy atom. The minimum absolute atomic E-state index is 0.621. The van der Waals surface area contributed by atoms with Gasteiger partial charge in [0.15, 0.2) is 5.58 Å². The predicted molar refractivity (Wildman–Crippen MR) is 273 cm³/mol. The van der Waals surface area contributed by atoms with Gasteiger partial charge in [-0.15, -0.1) is 0 Å². The van der Waals surface area contributed by atoms with Gasteiger partial charge in [-0.3, -0.25) is 0 Å². The summed E-state index contributed by atoms with van der Waals surface area (Å²) in [6.07, 6.45) is 0. The highest BCUT2D eigenvalue weighted by Crippen LogP contribution is 2.51. The second kappa shape index (κ2) is 16.3. The molecular formula is C63H41NO. The normalized spacial score (nSPS) is 11.4. The Bertz CT molecular complexity index is 3580. The molecule has 1 heterocycles. The zero-order valence-electron chi connectivity index (χ0n) is 35.5. The van der Waals surface area contributed by atoms with Crippen LogP contribution < -0.4 is 0 Å². The van der Waals surface area contributed by atoms with Crippen LogP contribution in [0.4, 0.5) is 0 Å². The number of benzene rings is 11. The van der Waals surface area contributed by atoms with E-state index in [1.165, 1.54) is 88.3 Å². The van der Waals surface area contributed by atoms with E-state index in [1.807, 2.05) is 24.3 Å². The highest BCUT2D eigenvalue weighted by atomic mass is 16.3. The molecule has 0 fully saturated rings. The number of oxazole rings is 1. The molecule has 1 aromatic heterocycles. The third kappa shape index (κ3) is 6.80. The van der Waals surface area contributed by atoms with Crippen LogP contribution in [0, 0.1) is 0 Å². The highest BCUT2D eigenvalue weighted by molar-refractivity contribution is 6.21. The lowest BCUT2D eigenvalue weighted by Crippen LogP contribution is -1.98. The third-order valence-corrected chi connectivity index (χ3v) is 12.7. The van der Waals surface area contributed by atoms with Crippen molar-refractivity contribution in [2.75, 3.05) is 0 Å². The van der Waals surface area contributed by atoms with Gasteiger partial charge in [-0.05, 0) is 130 Å².